The second-order valence-corrected chi connectivity index (χ2v) is 6.10. The van der Waals surface area contributed by atoms with Crippen molar-refractivity contribution < 1.29 is 19.4 Å². The summed E-state index contributed by atoms with van der Waals surface area (Å²) in [5, 5.41) is 9.69. The second-order valence-electron chi connectivity index (χ2n) is 6.10. The van der Waals surface area contributed by atoms with E-state index in [9.17, 15) is 9.90 Å². The Bertz CT molecular complexity index is 689. The second kappa shape index (κ2) is 7.86. The van der Waals surface area contributed by atoms with Gasteiger partial charge in [0, 0.05) is 11.6 Å². The highest BCUT2D eigenvalue weighted by atomic mass is 16.5. The van der Waals surface area contributed by atoms with Gasteiger partial charge >= 0.3 is 5.97 Å². The third-order valence-corrected chi connectivity index (χ3v) is 4.20. The van der Waals surface area contributed by atoms with Crippen molar-refractivity contribution in [3.8, 4) is 11.5 Å². The summed E-state index contributed by atoms with van der Waals surface area (Å²) in [5.74, 6) is 0.0831. The van der Waals surface area contributed by atoms with Crippen molar-refractivity contribution in [1.29, 1.82) is 0 Å². The highest BCUT2D eigenvalue weighted by molar-refractivity contribution is 5.78. The molecule has 0 bridgehead atoms. The number of rotatable bonds is 7. The van der Waals surface area contributed by atoms with Crippen molar-refractivity contribution in [3.05, 3.63) is 59.2 Å². The SMILES string of the molecule is COc1ccc(C(Cc2ccc(C(C)C)cc2)C(=O)O)c(OC)c1. The van der Waals surface area contributed by atoms with Gasteiger partial charge in [0.05, 0.1) is 20.1 Å². The molecule has 0 amide bonds. The minimum Gasteiger partial charge on any atom is -0.497 e. The molecule has 4 nitrogen and oxygen atoms in total. The standard InChI is InChI=1S/C20H24O4/c1-13(2)15-7-5-14(6-8-15)11-18(20(21)22)17-10-9-16(23-3)12-19(17)24-4/h5-10,12-13,18H,11H2,1-4H3,(H,21,22). The molecular formula is C20H24O4. The summed E-state index contributed by atoms with van der Waals surface area (Å²) in [5.41, 5.74) is 2.89. The molecule has 1 atom stereocenters. The highest BCUT2D eigenvalue weighted by Gasteiger charge is 2.24. The zero-order valence-electron chi connectivity index (χ0n) is 14.6. The van der Waals surface area contributed by atoms with E-state index < -0.39 is 11.9 Å². The van der Waals surface area contributed by atoms with Crippen molar-refractivity contribution in [2.24, 2.45) is 0 Å². The van der Waals surface area contributed by atoms with E-state index in [2.05, 4.69) is 26.0 Å². The molecule has 2 aromatic rings. The van der Waals surface area contributed by atoms with Gasteiger partial charge in [-0.15, -0.1) is 0 Å². The number of carbonyl (C=O) groups is 1. The summed E-state index contributed by atoms with van der Waals surface area (Å²) < 4.78 is 10.5. The van der Waals surface area contributed by atoms with Crippen LogP contribution in [-0.4, -0.2) is 25.3 Å². The van der Waals surface area contributed by atoms with E-state index in [1.54, 1.807) is 25.3 Å². The lowest BCUT2D eigenvalue weighted by atomic mass is 9.90. The van der Waals surface area contributed by atoms with E-state index >= 15 is 0 Å². The van der Waals surface area contributed by atoms with Gasteiger partial charge in [0.1, 0.15) is 11.5 Å². The van der Waals surface area contributed by atoms with E-state index in [0.717, 1.165) is 5.56 Å². The Morgan fingerprint density at radius 1 is 1.04 bits per heavy atom. The fraction of sp³-hybridized carbons (Fsp3) is 0.350. The van der Waals surface area contributed by atoms with E-state index in [1.807, 2.05) is 12.1 Å². The van der Waals surface area contributed by atoms with Crippen LogP contribution in [0, 0.1) is 0 Å². The normalized spacial score (nSPS) is 12.0. The van der Waals surface area contributed by atoms with Crippen molar-refractivity contribution in [3.63, 3.8) is 0 Å². The van der Waals surface area contributed by atoms with Crippen molar-refractivity contribution in [2.75, 3.05) is 14.2 Å². The van der Waals surface area contributed by atoms with E-state index in [-0.39, 0.29) is 0 Å². The summed E-state index contributed by atoms with van der Waals surface area (Å²) in [6.07, 6.45) is 0.413. The molecule has 2 aromatic carbocycles. The van der Waals surface area contributed by atoms with Crippen LogP contribution in [0.15, 0.2) is 42.5 Å². The van der Waals surface area contributed by atoms with Crippen LogP contribution in [0.2, 0.25) is 0 Å². The van der Waals surface area contributed by atoms with Crippen molar-refractivity contribution >= 4 is 5.97 Å². The minimum atomic E-state index is -0.869. The van der Waals surface area contributed by atoms with Gasteiger partial charge in [0.25, 0.3) is 0 Å². The van der Waals surface area contributed by atoms with Crippen molar-refractivity contribution in [1.82, 2.24) is 0 Å². The predicted octanol–water partition coefficient (Wildman–Crippen LogP) is 4.24. The number of benzene rings is 2. The number of aliphatic carboxylic acids is 1. The Balaban J connectivity index is 2.31. The van der Waals surface area contributed by atoms with E-state index in [4.69, 9.17) is 9.47 Å². The molecule has 0 aromatic heterocycles. The minimum absolute atomic E-state index is 0.413. The highest BCUT2D eigenvalue weighted by Crippen LogP contribution is 2.33. The molecule has 1 N–H and O–H groups in total. The summed E-state index contributed by atoms with van der Waals surface area (Å²) in [4.78, 5) is 11.8. The number of hydrogen-bond acceptors (Lipinski definition) is 3. The van der Waals surface area contributed by atoms with Crippen LogP contribution in [0.5, 0.6) is 11.5 Å². The van der Waals surface area contributed by atoms with Crippen LogP contribution in [0.25, 0.3) is 0 Å². The molecule has 128 valence electrons. The Morgan fingerprint density at radius 3 is 2.21 bits per heavy atom. The lowest BCUT2D eigenvalue weighted by Gasteiger charge is -2.17. The molecule has 4 heteroatoms. The van der Waals surface area contributed by atoms with E-state index in [0.29, 0.717) is 29.4 Å². The molecule has 0 spiro atoms. The zero-order valence-corrected chi connectivity index (χ0v) is 14.6. The fourth-order valence-electron chi connectivity index (χ4n) is 2.71. The first kappa shape index (κ1) is 17.9. The molecule has 1 unspecified atom stereocenters. The van der Waals surface area contributed by atoms with Gasteiger partial charge < -0.3 is 14.6 Å². The summed E-state index contributed by atoms with van der Waals surface area (Å²) in [6, 6.07) is 13.4. The molecule has 0 aliphatic rings. The van der Waals surface area contributed by atoms with Gasteiger partial charge in [-0.05, 0) is 29.5 Å². The molecule has 0 saturated heterocycles. The van der Waals surface area contributed by atoms with Gasteiger partial charge in [-0.2, -0.15) is 0 Å². The average molecular weight is 328 g/mol. The van der Waals surface area contributed by atoms with Crippen LogP contribution in [0.4, 0.5) is 0 Å². The Morgan fingerprint density at radius 2 is 1.71 bits per heavy atom. The third kappa shape index (κ3) is 4.07. The molecule has 0 aliphatic carbocycles. The van der Waals surface area contributed by atoms with Gasteiger partial charge in [-0.25, -0.2) is 0 Å². The Labute approximate surface area is 143 Å². The largest absolute Gasteiger partial charge is 0.497 e. The van der Waals surface area contributed by atoms with Crippen molar-refractivity contribution in [2.45, 2.75) is 32.1 Å². The zero-order chi connectivity index (χ0) is 17.7. The maximum absolute atomic E-state index is 11.8. The number of carboxylic acid groups (broad SMARTS) is 1. The number of carboxylic acids is 1. The fourth-order valence-corrected chi connectivity index (χ4v) is 2.71. The van der Waals surface area contributed by atoms with Crippen LogP contribution < -0.4 is 9.47 Å². The van der Waals surface area contributed by atoms with Crippen LogP contribution in [-0.2, 0) is 11.2 Å². The maximum atomic E-state index is 11.8. The van der Waals surface area contributed by atoms with Crippen LogP contribution in [0.1, 0.15) is 42.4 Å². The van der Waals surface area contributed by atoms with E-state index in [1.165, 1.54) is 12.7 Å². The first-order valence-corrected chi connectivity index (χ1v) is 7.99. The summed E-state index contributed by atoms with van der Waals surface area (Å²) >= 11 is 0. The number of hydrogen-bond donors (Lipinski definition) is 1. The van der Waals surface area contributed by atoms with Gasteiger partial charge in [0.2, 0.25) is 0 Å². The molecule has 24 heavy (non-hydrogen) atoms. The first-order valence-electron chi connectivity index (χ1n) is 7.99. The lowest BCUT2D eigenvalue weighted by Crippen LogP contribution is -2.15. The monoisotopic (exact) mass is 328 g/mol. The summed E-state index contributed by atoms with van der Waals surface area (Å²) in [6.45, 7) is 4.27. The molecule has 0 heterocycles. The Hall–Kier alpha value is -2.49. The quantitative estimate of drug-likeness (QED) is 0.826. The molecule has 2 rings (SSSR count). The number of methoxy groups -OCH3 is 2. The number of ether oxygens (including phenoxy) is 2. The predicted molar refractivity (Wildman–Crippen MR) is 94.2 cm³/mol. The molecular weight excluding hydrogens is 304 g/mol. The Kier molecular flexibility index (Phi) is 5.85. The lowest BCUT2D eigenvalue weighted by molar-refractivity contribution is -0.138. The third-order valence-electron chi connectivity index (χ3n) is 4.20. The molecule has 0 saturated carbocycles. The maximum Gasteiger partial charge on any atom is 0.311 e. The van der Waals surface area contributed by atoms with Crippen LogP contribution in [0.3, 0.4) is 0 Å². The molecule has 0 radical (unpaired) electrons. The van der Waals surface area contributed by atoms with Gasteiger partial charge in [-0.1, -0.05) is 44.2 Å². The van der Waals surface area contributed by atoms with Gasteiger partial charge in [-0.3, -0.25) is 4.79 Å². The molecule has 0 fully saturated rings. The molecule has 0 aliphatic heterocycles. The topological polar surface area (TPSA) is 55.8 Å². The summed E-state index contributed by atoms with van der Waals surface area (Å²) in [7, 11) is 3.11. The van der Waals surface area contributed by atoms with Gasteiger partial charge in [0.15, 0.2) is 0 Å². The smallest absolute Gasteiger partial charge is 0.311 e. The first-order chi connectivity index (χ1) is 11.5. The van der Waals surface area contributed by atoms with Crippen LogP contribution >= 0.6 is 0 Å². The average Bonchev–Trinajstić information content (AvgIpc) is 2.59.